The molecule has 0 bridgehead atoms. The first-order valence-corrected chi connectivity index (χ1v) is 7.22. The molecule has 0 atom stereocenters. The zero-order valence-corrected chi connectivity index (χ0v) is 11.7. The number of carbonyl (C=O) groups excluding carboxylic acids is 1. The van der Waals surface area contributed by atoms with Crippen molar-refractivity contribution in [3.05, 3.63) is 29.6 Å². The molecule has 4 heteroatoms. The van der Waals surface area contributed by atoms with E-state index in [-0.39, 0.29) is 5.91 Å². The third kappa shape index (κ3) is 4.36. The van der Waals surface area contributed by atoms with Crippen molar-refractivity contribution in [2.45, 2.75) is 32.1 Å². The Hall–Kier alpha value is -1.86. The predicted molar refractivity (Wildman–Crippen MR) is 79.1 cm³/mol. The van der Waals surface area contributed by atoms with Gasteiger partial charge in [0.1, 0.15) is 0 Å². The zero-order valence-electron chi connectivity index (χ0n) is 11.7. The average Bonchev–Trinajstić information content (AvgIpc) is 2.98. The number of nitrogens with one attached hydrogen (secondary N) is 1. The van der Waals surface area contributed by atoms with Gasteiger partial charge in [0.05, 0.1) is 12.1 Å². The molecule has 2 rings (SSSR count). The first-order chi connectivity index (χ1) is 9.79. The molecule has 3 N–H and O–H groups in total. The summed E-state index contributed by atoms with van der Waals surface area (Å²) in [7, 11) is 0. The second-order valence-electron chi connectivity index (χ2n) is 5.16. The molecule has 1 aliphatic carbocycles. The summed E-state index contributed by atoms with van der Waals surface area (Å²) in [5.74, 6) is 6.35. The Balaban J connectivity index is 1.85. The van der Waals surface area contributed by atoms with E-state index in [9.17, 15) is 4.79 Å². The highest BCUT2D eigenvalue weighted by atomic mass is 16.1. The largest absolute Gasteiger partial charge is 0.352 e. The van der Waals surface area contributed by atoms with Crippen molar-refractivity contribution >= 4 is 5.91 Å². The van der Waals surface area contributed by atoms with Crippen LogP contribution in [0.5, 0.6) is 0 Å². The Morgan fingerprint density at radius 2 is 2.20 bits per heavy atom. The fourth-order valence-electron chi connectivity index (χ4n) is 2.58. The first kappa shape index (κ1) is 14.5. The van der Waals surface area contributed by atoms with Crippen LogP contribution in [0.1, 0.15) is 48.0 Å². The van der Waals surface area contributed by atoms with E-state index in [0.717, 1.165) is 24.4 Å². The number of pyridine rings is 1. The van der Waals surface area contributed by atoms with Crippen LogP contribution in [0, 0.1) is 17.8 Å². The third-order valence-electron chi connectivity index (χ3n) is 3.65. The Labute approximate surface area is 120 Å². The van der Waals surface area contributed by atoms with Crippen LogP contribution in [0.15, 0.2) is 18.5 Å². The van der Waals surface area contributed by atoms with Gasteiger partial charge in [-0.05, 0) is 18.4 Å². The van der Waals surface area contributed by atoms with Gasteiger partial charge in [0.2, 0.25) is 0 Å². The van der Waals surface area contributed by atoms with E-state index < -0.39 is 0 Å². The molecular weight excluding hydrogens is 250 g/mol. The molecule has 0 radical (unpaired) electrons. The van der Waals surface area contributed by atoms with Gasteiger partial charge in [-0.15, -0.1) is 0 Å². The molecule has 0 saturated heterocycles. The van der Waals surface area contributed by atoms with Gasteiger partial charge in [0.15, 0.2) is 0 Å². The number of hydrogen-bond donors (Lipinski definition) is 2. The summed E-state index contributed by atoms with van der Waals surface area (Å²) in [4.78, 5) is 16.1. The van der Waals surface area contributed by atoms with Gasteiger partial charge >= 0.3 is 0 Å². The molecule has 1 fully saturated rings. The van der Waals surface area contributed by atoms with Gasteiger partial charge in [0, 0.05) is 24.5 Å². The SMILES string of the molecule is NCC#Cc1cncc(C(=O)NCCC2CCCC2)c1. The van der Waals surface area contributed by atoms with Crippen LogP contribution >= 0.6 is 0 Å². The minimum absolute atomic E-state index is 0.0769. The Kier molecular flexibility index (Phi) is 5.57. The molecule has 1 heterocycles. The maximum absolute atomic E-state index is 12.0. The monoisotopic (exact) mass is 271 g/mol. The fourth-order valence-corrected chi connectivity index (χ4v) is 2.58. The van der Waals surface area contributed by atoms with E-state index in [4.69, 9.17) is 5.73 Å². The van der Waals surface area contributed by atoms with E-state index in [2.05, 4.69) is 22.1 Å². The second kappa shape index (κ2) is 7.66. The summed E-state index contributed by atoms with van der Waals surface area (Å²) >= 11 is 0. The topological polar surface area (TPSA) is 68.0 Å². The minimum atomic E-state index is -0.0769. The molecule has 106 valence electrons. The van der Waals surface area contributed by atoms with Crippen molar-refractivity contribution in [2.24, 2.45) is 11.7 Å². The lowest BCUT2D eigenvalue weighted by molar-refractivity contribution is 0.0951. The number of rotatable bonds is 4. The van der Waals surface area contributed by atoms with Crippen molar-refractivity contribution < 1.29 is 4.79 Å². The highest BCUT2D eigenvalue weighted by Gasteiger charge is 2.15. The lowest BCUT2D eigenvalue weighted by Gasteiger charge is -2.09. The fraction of sp³-hybridized carbons (Fsp3) is 0.500. The number of nitrogens with two attached hydrogens (primary N) is 1. The van der Waals surface area contributed by atoms with Crippen LogP contribution in [0.4, 0.5) is 0 Å². The van der Waals surface area contributed by atoms with Crippen molar-refractivity contribution in [3.8, 4) is 11.8 Å². The Morgan fingerprint density at radius 1 is 1.40 bits per heavy atom. The molecule has 1 saturated carbocycles. The minimum Gasteiger partial charge on any atom is -0.352 e. The van der Waals surface area contributed by atoms with Gasteiger partial charge in [0.25, 0.3) is 5.91 Å². The zero-order chi connectivity index (χ0) is 14.2. The lowest BCUT2D eigenvalue weighted by atomic mass is 10.0. The van der Waals surface area contributed by atoms with Crippen molar-refractivity contribution in [1.29, 1.82) is 0 Å². The van der Waals surface area contributed by atoms with Crippen LogP contribution in [0.25, 0.3) is 0 Å². The number of nitrogens with zero attached hydrogens (tertiary/aromatic N) is 1. The standard InChI is InChI=1S/C16H21N3O/c17-8-3-6-14-10-15(12-18-11-14)16(20)19-9-7-13-4-1-2-5-13/h10-13H,1-2,4-5,7-9,17H2,(H,19,20). The highest BCUT2D eigenvalue weighted by molar-refractivity contribution is 5.94. The van der Waals surface area contributed by atoms with E-state index in [1.54, 1.807) is 18.5 Å². The molecule has 20 heavy (non-hydrogen) atoms. The average molecular weight is 271 g/mol. The number of carbonyl (C=O) groups is 1. The van der Waals surface area contributed by atoms with Crippen molar-refractivity contribution in [1.82, 2.24) is 10.3 Å². The van der Waals surface area contributed by atoms with Crippen molar-refractivity contribution in [2.75, 3.05) is 13.1 Å². The van der Waals surface area contributed by atoms with E-state index in [1.165, 1.54) is 25.7 Å². The normalized spacial score (nSPS) is 14.7. The number of amides is 1. The lowest BCUT2D eigenvalue weighted by Crippen LogP contribution is -2.25. The van der Waals surface area contributed by atoms with E-state index >= 15 is 0 Å². The molecular formula is C16H21N3O. The van der Waals surface area contributed by atoms with Gasteiger partial charge in [-0.25, -0.2) is 0 Å². The van der Waals surface area contributed by atoms with Crippen LogP contribution in [0.2, 0.25) is 0 Å². The van der Waals surface area contributed by atoms with Gasteiger partial charge in [-0.3, -0.25) is 9.78 Å². The third-order valence-corrected chi connectivity index (χ3v) is 3.65. The Morgan fingerprint density at radius 3 is 2.95 bits per heavy atom. The molecule has 1 aliphatic rings. The maximum Gasteiger partial charge on any atom is 0.252 e. The smallest absolute Gasteiger partial charge is 0.252 e. The Bertz CT molecular complexity index is 510. The maximum atomic E-state index is 12.0. The summed E-state index contributed by atoms with van der Waals surface area (Å²) in [6.07, 6.45) is 9.57. The summed E-state index contributed by atoms with van der Waals surface area (Å²) in [5, 5.41) is 2.96. The molecule has 1 aromatic heterocycles. The first-order valence-electron chi connectivity index (χ1n) is 7.22. The van der Waals surface area contributed by atoms with E-state index in [0.29, 0.717) is 12.1 Å². The summed E-state index contributed by atoms with van der Waals surface area (Å²) in [5.41, 5.74) is 6.60. The quantitative estimate of drug-likeness (QED) is 0.819. The van der Waals surface area contributed by atoms with Crippen molar-refractivity contribution in [3.63, 3.8) is 0 Å². The summed E-state index contributed by atoms with van der Waals surface area (Å²) in [6, 6.07) is 1.75. The van der Waals surface area contributed by atoms with Gasteiger partial charge < -0.3 is 11.1 Å². The summed E-state index contributed by atoms with van der Waals surface area (Å²) in [6.45, 7) is 1.04. The van der Waals surface area contributed by atoms with Crippen LogP contribution in [-0.2, 0) is 0 Å². The number of hydrogen-bond acceptors (Lipinski definition) is 3. The van der Waals surface area contributed by atoms with E-state index in [1.807, 2.05) is 0 Å². The molecule has 0 aliphatic heterocycles. The molecule has 0 spiro atoms. The highest BCUT2D eigenvalue weighted by Crippen LogP contribution is 2.26. The molecule has 0 unspecified atom stereocenters. The van der Waals surface area contributed by atoms with Gasteiger partial charge in [-0.2, -0.15) is 0 Å². The van der Waals surface area contributed by atoms with Crippen LogP contribution < -0.4 is 11.1 Å². The molecule has 4 nitrogen and oxygen atoms in total. The van der Waals surface area contributed by atoms with Crippen LogP contribution in [-0.4, -0.2) is 24.0 Å². The molecule has 0 aromatic carbocycles. The van der Waals surface area contributed by atoms with Gasteiger partial charge in [-0.1, -0.05) is 37.5 Å². The summed E-state index contributed by atoms with van der Waals surface area (Å²) < 4.78 is 0. The molecule has 1 amide bonds. The molecule has 1 aromatic rings. The predicted octanol–water partition coefficient (Wildman–Crippen LogP) is 1.70. The van der Waals surface area contributed by atoms with Crippen LogP contribution in [0.3, 0.4) is 0 Å². The number of aromatic nitrogens is 1. The second-order valence-corrected chi connectivity index (χ2v) is 5.16.